The summed E-state index contributed by atoms with van der Waals surface area (Å²) in [5.74, 6) is 0. The number of halogens is 1. The first-order valence-corrected chi connectivity index (χ1v) is 4.22. The maximum atomic E-state index is 7.24. The minimum Gasteiger partial charge on any atom is -0.312 e. The molecule has 0 saturated heterocycles. The van der Waals surface area contributed by atoms with Gasteiger partial charge in [-0.1, -0.05) is 37.6 Å². The maximum Gasteiger partial charge on any atom is 0.0406 e. The Labute approximate surface area is 77.9 Å². The summed E-state index contributed by atoms with van der Waals surface area (Å²) in [4.78, 5) is 0. The molecule has 1 rings (SSSR count). The predicted molar refractivity (Wildman–Crippen MR) is 53.3 cm³/mol. The third kappa shape index (κ3) is 1.86. The van der Waals surface area contributed by atoms with Crippen LogP contribution < -0.4 is 0 Å². The van der Waals surface area contributed by atoms with Gasteiger partial charge in [0, 0.05) is 16.7 Å². The van der Waals surface area contributed by atoms with E-state index in [0.29, 0.717) is 0 Å². The molecule has 0 aliphatic carbocycles. The highest BCUT2D eigenvalue weighted by molar-refractivity contribution is 6.30. The SMILES string of the molecule is CC(C)(C=N)c1ccc(Cl)cc1. The molecule has 0 spiro atoms. The van der Waals surface area contributed by atoms with Gasteiger partial charge in [0.05, 0.1) is 0 Å². The second-order valence-electron chi connectivity index (χ2n) is 3.37. The molecule has 0 saturated carbocycles. The Morgan fingerprint density at radius 3 is 2.17 bits per heavy atom. The van der Waals surface area contributed by atoms with Gasteiger partial charge in [-0.3, -0.25) is 0 Å². The Balaban J connectivity index is 3.04. The van der Waals surface area contributed by atoms with E-state index in [0.717, 1.165) is 10.6 Å². The van der Waals surface area contributed by atoms with Crippen LogP contribution in [-0.4, -0.2) is 6.21 Å². The third-order valence-corrected chi connectivity index (χ3v) is 2.20. The molecule has 0 heterocycles. The Kier molecular flexibility index (Phi) is 2.53. The van der Waals surface area contributed by atoms with E-state index in [1.807, 2.05) is 38.1 Å². The monoisotopic (exact) mass is 181 g/mol. The van der Waals surface area contributed by atoms with Gasteiger partial charge in [0.2, 0.25) is 0 Å². The molecule has 0 aliphatic heterocycles. The van der Waals surface area contributed by atoms with Crippen LogP contribution in [0.4, 0.5) is 0 Å². The molecular formula is C10H12ClN. The summed E-state index contributed by atoms with van der Waals surface area (Å²) in [7, 11) is 0. The van der Waals surface area contributed by atoms with Crippen molar-refractivity contribution in [3.05, 3.63) is 34.9 Å². The first-order valence-electron chi connectivity index (χ1n) is 3.84. The van der Waals surface area contributed by atoms with Gasteiger partial charge in [-0.2, -0.15) is 0 Å². The third-order valence-electron chi connectivity index (χ3n) is 1.95. The molecule has 64 valence electrons. The smallest absolute Gasteiger partial charge is 0.0406 e. The molecule has 0 aromatic heterocycles. The predicted octanol–water partition coefficient (Wildman–Crippen LogP) is 3.27. The minimum absolute atomic E-state index is 0.190. The number of hydrogen-bond acceptors (Lipinski definition) is 1. The molecule has 1 aromatic carbocycles. The number of benzene rings is 1. The Morgan fingerprint density at radius 2 is 1.75 bits per heavy atom. The average Bonchev–Trinajstić information content (AvgIpc) is 2.05. The van der Waals surface area contributed by atoms with Crippen molar-refractivity contribution in [2.45, 2.75) is 19.3 Å². The molecule has 2 heteroatoms. The first-order chi connectivity index (χ1) is 5.56. The van der Waals surface area contributed by atoms with E-state index in [4.69, 9.17) is 17.0 Å². The molecule has 0 unspecified atom stereocenters. The van der Waals surface area contributed by atoms with Gasteiger partial charge >= 0.3 is 0 Å². The zero-order chi connectivity index (χ0) is 9.19. The minimum atomic E-state index is -0.190. The van der Waals surface area contributed by atoms with Crippen molar-refractivity contribution in [1.29, 1.82) is 5.41 Å². The zero-order valence-electron chi connectivity index (χ0n) is 7.26. The lowest BCUT2D eigenvalue weighted by Crippen LogP contribution is -2.17. The second kappa shape index (κ2) is 3.28. The topological polar surface area (TPSA) is 23.9 Å². The fourth-order valence-corrected chi connectivity index (χ4v) is 1.09. The van der Waals surface area contributed by atoms with Gasteiger partial charge in [0.15, 0.2) is 0 Å². The average molecular weight is 182 g/mol. The van der Waals surface area contributed by atoms with Crippen LogP contribution >= 0.6 is 11.6 Å². The van der Waals surface area contributed by atoms with E-state index >= 15 is 0 Å². The van der Waals surface area contributed by atoms with Gasteiger partial charge in [0.1, 0.15) is 0 Å². The zero-order valence-corrected chi connectivity index (χ0v) is 8.02. The summed E-state index contributed by atoms with van der Waals surface area (Å²) in [6.45, 7) is 4.01. The lowest BCUT2D eigenvalue weighted by molar-refractivity contribution is 0.731. The van der Waals surface area contributed by atoms with Crippen LogP contribution in [0.1, 0.15) is 19.4 Å². The van der Waals surface area contributed by atoms with Crippen LogP contribution in [-0.2, 0) is 5.41 Å². The summed E-state index contributed by atoms with van der Waals surface area (Å²) in [6, 6.07) is 7.60. The maximum absolute atomic E-state index is 7.24. The van der Waals surface area contributed by atoms with E-state index in [9.17, 15) is 0 Å². The van der Waals surface area contributed by atoms with Crippen LogP contribution in [0.5, 0.6) is 0 Å². The summed E-state index contributed by atoms with van der Waals surface area (Å²) in [6.07, 6.45) is 1.44. The molecule has 0 fully saturated rings. The Hall–Kier alpha value is -0.820. The lowest BCUT2D eigenvalue weighted by atomic mass is 9.86. The molecule has 0 atom stereocenters. The van der Waals surface area contributed by atoms with Crippen molar-refractivity contribution in [2.24, 2.45) is 0 Å². The second-order valence-corrected chi connectivity index (χ2v) is 3.81. The molecule has 0 bridgehead atoms. The highest BCUT2D eigenvalue weighted by Gasteiger charge is 2.16. The van der Waals surface area contributed by atoms with Crippen LogP contribution in [0, 0.1) is 5.41 Å². The fourth-order valence-electron chi connectivity index (χ4n) is 0.963. The summed E-state index contributed by atoms with van der Waals surface area (Å²) in [5.41, 5.74) is 0.923. The molecule has 12 heavy (non-hydrogen) atoms. The van der Waals surface area contributed by atoms with E-state index in [1.54, 1.807) is 0 Å². The summed E-state index contributed by atoms with van der Waals surface area (Å²) >= 11 is 5.75. The largest absolute Gasteiger partial charge is 0.312 e. The van der Waals surface area contributed by atoms with Crippen molar-refractivity contribution in [3.8, 4) is 0 Å². The molecular weight excluding hydrogens is 170 g/mol. The number of hydrogen-bond donors (Lipinski definition) is 1. The quantitative estimate of drug-likeness (QED) is 0.678. The van der Waals surface area contributed by atoms with E-state index in [2.05, 4.69) is 0 Å². The van der Waals surface area contributed by atoms with E-state index < -0.39 is 0 Å². The van der Waals surface area contributed by atoms with Gasteiger partial charge < -0.3 is 5.41 Å². The van der Waals surface area contributed by atoms with Gasteiger partial charge in [0.25, 0.3) is 0 Å². The van der Waals surface area contributed by atoms with E-state index in [1.165, 1.54) is 6.21 Å². The fraction of sp³-hybridized carbons (Fsp3) is 0.300. The highest BCUT2D eigenvalue weighted by Crippen LogP contribution is 2.22. The molecule has 1 nitrogen and oxygen atoms in total. The van der Waals surface area contributed by atoms with Crippen LogP contribution in [0.3, 0.4) is 0 Å². The van der Waals surface area contributed by atoms with Crippen LogP contribution in [0.15, 0.2) is 24.3 Å². The van der Waals surface area contributed by atoms with Crippen molar-refractivity contribution in [3.63, 3.8) is 0 Å². The van der Waals surface area contributed by atoms with Gasteiger partial charge in [-0.25, -0.2) is 0 Å². The van der Waals surface area contributed by atoms with E-state index in [-0.39, 0.29) is 5.41 Å². The molecule has 0 amide bonds. The van der Waals surface area contributed by atoms with Crippen molar-refractivity contribution < 1.29 is 0 Å². The summed E-state index contributed by atoms with van der Waals surface area (Å²) < 4.78 is 0. The molecule has 0 aliphatic rings. The van der Waals surface area contributed by atoms with Crippen molar-refractivity contribution in [1.82, 2.24) is 0 Å². The van der Waals surface area contributed by atoms with Crippen LogP contribution in [0.25, 0.3) is 0 Å². The molecule has 0 radical (unpaired) electrons. The van der Waals surface area contributed by atoms with Crippen LogP contribution in [0.2, 0.25) is 5.02 Å². The Morgan fingerprint density at radius 1 is 1.25 bits per heavy atom. The number of nitrogens with one attached hydrogen (secondary N) is 1. The standard InChI is InChI=1S/C10H12ClN/c1-10(2,7-12)8-3-5-9(11)6-4-8/h3-7,12H,1-2H3. The van der Waals surface area contributed by atoms with Gasteiger partial charge in [-0.05, 0) is 17.7 Å². The Bertz CT molecular complexity index is 274. The normalized spacial score (nSPS) is 11.2. The highest BCUT2D eigenvalue weighted by atomic mass is 35.5. The lowest BCUT2D eigenvalue weighted by Gasteiger charge is -2.18. The summed E-state index contributed by atoms with van der Waals surface area (Å²) in [5, 5.41) is 7.97. The molecule has 1 N–H and O–H groups in total. The van der Waals surface area contributed by atoms with Crippen molar-refractivity contribution in [2.75, 3.05) is 0 Å². The van der Waals surface area contributed by atoms with Gasteiger partial charge in [-0.15, -0.1) is 0 Å². The molecule has 1 aromatic rings. The number of rotatable bonds is 2. The van der Waals surface area contributed by atoms with Crippen molar-refractivity contribution >= 4 is 17.8 Å². The first kappa shape index (κ1) is 9.27.